The Bertz CT molecular complexity index is 298. The molecule has 0 aliphatic heterocycles. The summed E-state index contributed by atoms with van der Waals surface area (Å²) in [6.45, 7) is 13.5. The minimum atomic E-state index is -0.0299. The summed E-state index contributed by atoms with van der Waals surface area (Å²) >= 11 is 0. The van der Waals surface area contributed by atoms with Crippen LogP contribution in [-0.2, 0) is 0 Å². The van der Waals surface area contributed by atoms with Gasteiger partial charge in [-0.3, -0.25) is 0 Å². The molecule has 0 radical (unpaired) electrons. The zero-order valence-corrected chi connectivity index (χ0v) is 17.2. The van der Waals surface area contributed by atoms with Crippen LogP contribution < -0.4 is 0 Å². The molecule has 2 N–H and O–H groups in total. The van der Waals surface area contributed by atoms with Gasteiger partial charge in [-0.25, -0.2) is 0 Å². The molecule has 0 aromatic rings. The third-order valence-electron chi connectivity index (χ3n) is 7.26. The Morgan fingerprint density at radius 3 is 1.67 bits per heavy atom. The number of aliphatic hydroxyl groups is 2. The summed E-state index contributed by atoms with van der Waals surface area (Å²) in [6.07, 6.45) is 9.56. The third-order valence-corrected chi connectivity index (χ3v) is 7.26. The van der Waals surface area contributed by atoms with Gasteiger partial charge in [0.25, 0.3) is 0 Å². The van der Waals surface area contributed by atoms with Crippen LogP contribution >= 0.6 is 0 Å². The van der Waals surface area contributed by atoms with Gasteiger partial charge >= 0.3 is 0 Å². The topological polar surface area (TPSA) is 40.5 Å². The summed E-state index contributed by atoms with van der Waals surface area (Å²) in [5.74, 6) is 4.35. The molecule has 2 saturated carbocycles. The highest BCUT2D eigenvalue weighted by atomic mass is 16.3. The van der Waals surface area contributed by atoms with E-state index in [2.05, 4.69) is 41.5 Å². The summed E-state index contributed by atoms with van der Waals surface area (Å²) in [4.78, 5) is 0. The molecule has 2 rings (SSSR count). The smallest absolute Gasteiger partial charge is 0.0568 e. The van der Waals surface area contributed by atoms with Crippen molar-refractivity contribution in [1.82, 2.24) is 0 Å². The zero-order chi connectivity index (χ0) is 18.3. The SMILES string of the molecule is CCC(C)C1CCC(C)C(O)C1.CCC(C)C1CCC(O)C(C)C1. The summed E-state index contributed by atoms with van der Waals surface area (Å²) in [6, 6.07) is 0. The maximum Gasteiger partial charge on any atom is 0.0568 e. The lowest BCUT2D eigenvalue weighted by Crippen LogP contribution is -2.30. The van der Waals surface area contributed by atoms with Crippen LogP contribution in [0.25, 0.3) is 0 Å². The molecule has 0 saturated heterocycles. The van der Waals surface area contributed by atoms with Gasteiger partial charge in [0, 0.05) is 0 Å². The molecule has 24 heavy (non-hydrogen) atoms. The molecule has 2 nitrogen and oxygen atoms in total. The number of rotatable bonds is 4. The number of hydrogen-bond donors (Lipinski definition) is 2. The van der Waals surface area contributed by atoms with Crippen molar-refractivity contribution in [2.24, 2.45) is 35.5 Å². The molecular weight excluding hydrogens is 296 g/mol. The molecule has 0 aromatic heterocycles. The van der Waals surface area contributed by atoms with Gasteiger partial charge in [-0.2, -0.15) is 0 Å². The van der Waals surface area contributed by atoms with Crippen LogP contribution in [0.2, 0.25) is 0 Å². The van der Waals surface area contributed by atoms with E-state index < -0.39 is 0 Å². The van der Waals surface area contributed by atoms with Crippen LogP contribution in [0.5, 0.6) is 0 Å². The first-order chi connectivity index (χ1) is 11.3. The average Bonchev–Trinajstić information content (AvgIpc) is 2.58. The normalized spacial score (nSPS) is 39.5. The van der Waals surface area contributed by atoms with Crippen LogP contribution in [0, 0.1) is 35.5 Å². The molecule has 144 valence electrons. The summed E-state index contributed by atoms with van der Waals surface area (Å²) in [5.41, 5.74) is 0. The lowest BCUT2D eigenvalue weighted by atomic mass is 9.74. The second-order valence-corrected chi connectivity index (χ2v) is 9.01. The van der Waals surface area contributed by atoms with E-state index in [1.54, 1.807) is 0 Å². The van der Waals surface area contributed by atoms with Gasteiger partial charge in [-0.1, -0.05) is 54.4 Å². The second-order valence-electron chi connectivity index (χ2n) is 9.01. The van der Waals surface area contributed by atoms with E-state index in [0.717, 1.165) is 36.5 Å². The minimum absolute atomic E-state index is 0.0229. The molecule has 8 unspecified atom stereocenters. The lowest BCUT2D eigenvalue weighted by molar-refractivity contribution is 0.0381. The van der Waals surface area contributed by atoms with Crippen LogP contribution in [-0.4, -0.2) is 22.4 Å². The Labute approximate surface area is 151 Å². The summed E-state index contributed by atoms with van der Waals surface area (Å²) < 4.78 is 0. The molecule has 2 heteroatoms. The van der Waals surface area contributed by atoms with E-state index in [0.29, 0.717) is 11.8 Å². The van der Waals surface area contributed by atoms with Gasteiger partial charge < -0.3 is 10.2 Å². The fourth-order valence-electron chi connectivity index (χ4n) is 4.45. The van der Waals surface area contributed by atoms with Crippen molar-refractivity contribution >= 4 is 0 Å². The quantitative estimate of drug-likeness (QED) is 0.693. The maximum absolute atomic E-state index is 9.69. The molecule has 0 bridgehead atoms. The second kappa shape index (κ2) is 10.8. The predicted molar refractivity (Wildman–Crippen MR) is 104 cm³/mol. The number of aliphatic hydroxyl groups excluding tert-OH is 2. The van der Waals surface area contributed by atoms with Crippen molar-refractivity contribution < 1.29 is 10.2 Å². The monoisotopic (exact) mass is 340 g/mol. The van der Waals surface area contributed by atoms with Crippen molar-refractivity contribution in [2.45, 2.75) is 105 Å². The van der Waals surface area contributed by atoms with Crippen LogP contribution in [0.15, 0.2) is 0 Å². The lowest BCUT2D eigenvalue weighted by Gasteiger charge is -2.34. The van der Waals surface area contributed by atoms with E-state index in [4.69, 9.17) is 0 Å². The standard InChI is InChI=1S/2C11H22O/c1-4-8(2)10-5-6-11(12)9(3)7-10;1-4-8(2)10-6-5-9(3)11(12)7-10/h2*8-12H,4-7H2,1-3H3. The molecule has 8 atom stereocenters. The molecule has 0 amide bonds. The first kappa shape index (κ1) is 22.0. The predicted octanol–water partition coefficient (Wildman–Crippen LogP) is 5.66. The fourth-order valence-corrected chi connectivity index (χ4v) is 4.45. The van der Waals surface area contributed by atoms with E-state index in [-0.39, 0.29) is 12.2 Å². The number of hydrogen-bond acceptors (Lipinski definition) is 2. The summed E-state index contributed by atoms with van der Waals surface area (Å²) in [7, 11) is 0. The molecule has 2 fully saturated rings. The van der Waals surface area contributed by atoms with Crippen molar-refractivity contribution in [1.29, 1.82) is 0 Å². The third kappa shape index (κ3) is 6.67. The van der Waals surface area contributed by atoms with Crippen LogP contribution in [0.1, 0.15) is 92.9 Å². The highest BCUT2D eigenvalue weighted by Gasteiger charge is 2.29. The van der Waals surface area contributed by atoms with Gasteiger partial charge in [-0.15, -0.1) is 0 Å². The fraction of sp³-hybridized carbons (Fsp3) is 1.00. The molecule has 2 aliphatic rings. The van der Waals surface area contributed by atoms with E-state index in [1.807, 2.05) is 0 Å². The van der Waals surface area contributed by atoms with Gasteiger partial charge in [0.1, 0.15) is 0 Å². The Hall–Kier alpha value is -0.0800. The van der Waals surface area contributed by atoms with Crippen molar-refractivity contribution in [3.05, 3.63) is 0 Å². The van der Waals surface area contributed by atoms with Gasteiger partial charge in [0.2, 0.25) is 0 Å². The molecule has 0 spiro atoms. The highest BCUT2D eigenvalue weighted by molar-refractivity contribution is 4.80. The van der Waals surface area contributed by atoms with E-state index in [9.17, 15) is 10.2 Å². The minimum Gasteiger partial charge on any atom is -0.393 e. The van der Waals surface area contributed by atoms with E-state index in [1.165, 1.54) is 38.5 Å². The Kier molecular flexibility index (Phi) is 9.89. The molecule has 0 heterocycles. The van der Waals surface area contributed by atoms with Crippen molar-refractivity contribution in [2.75, 3.05) is 0 Å². The first-order valence-electron chi connectivity index (χ1n) is 10.7. The molecule has 0 aromatic carbocycles. The van der Waals surface area contributed by atoms with Crippen LogP contribution in [0.3, 0.4) is 0 Å². The van der Waals surface area contributed by atoms with Gasteiger partial charge in [0.05, 0.1) is 12.2 Å². The Balaban J connectivity index is 0.000000240. The average molecular weight is 341 g/mol. The largest absolute Gasteiger partial charge is 0.393 e. The van der Waals surface area contributed by atoms with Crippen molar-refractivity contribution in [3.63, 3.8) is 0 Å². The zero-order valence-electron chi connectivity index (χ0n) is 17.2. The highest BCUT2D eigenvalue weighted by Crippen LogP contribution is 2.35. The Morgan fingerprint density at radius 2 is 1.21 bits per heavy atom. The van der Waals surface area contributed by atoms with Gasteiger partial charge in [0.15, 0.2) is 0 Å². The molecule has 2 aliphatic carbocycles. The van der Waals surface area contributed by atoms with Gasteiger partial charge in [-0.05, 0) is 74.0 Å². The van der Waals surface area contributed by atoms with E-state index >= 15 is 0 Å². The Morgan fingerprint density at radius 1 is 0.708 bits per heavy atom. The molecular formula is C22H44O2. The first-order valence-corrected chi connectivity index (χ1v) is 10.7. The maximum atomic E-state index is 9.69. The van der Waals surface area contributed by atoms with Crippen molar-refractivity contribution in [3.8, 4) is 0 Å². The van der Waals surface area contributed by atoms with Crippen LogP contribution in [0.4, 0.5) is 0 Å². The summed E-state index contributed by atoms with van der Waals surface area (Å²) in [5, 5.41) is 19.2.